The number of aryl methyl sites for hydroxylation is 1. The molecular formula is C20H19FN4OS2. The molecule has 144 valence electrons. The van der Waals surface area contributed by atoms with E-state index < -0.39 is 0 Å². The van der Waals surface area contributed by atoms with Crippen molar-refractivity contribution in [3.05, 3.63) is 70.5 Å². The Morgan fingerprint density at radius 3 is 2.54 bits per heavy atom. The Kier molecular flexibility index (Phi) is 6.33. The number of aromatic hydroxyl groups is 1. The number of rotatable bonds is 5. The van der Waals surface area contributed by atoms with Crippen molar-refractivity contribution in [3.8, 4) is 16.3 Å². The van der Waals surface area contributed by atoms with Crippen LogP contribution in [0.5, 0.6) is 5.75 Å². The lowest BCUT2D eigenvalue weighted by Gasteiger charge is -2.08. The Morgan fingerprint density at radius 1 is 1.18 bits per heavy atom. The lowest BCUT2D eigenvalue weighted by Crippen LogP contribution is -2.32. The highest BCUT2D eigenvalue weighted by Gasteiger charge is 2.12. The SMILES string of the molecule is C/C(=N\NC(=S)NCc1ccc(F)cc1)c1sc(-c2ccc(O)cc2)nc1C. The molecule has 3 N–H and O–H groups in total. The van der Waals surface area contributed by atoms with Crippen LogP contribution in [0.25, 0.3) is 10.6 Å². The molecule has 0 unspecified atom stereocenters. The zero-order valence-corrected chi connectivity index (χ0v) is 17.0. The van der Waals surface area contributed by atoms with Crippen molar-refractivity contribution >= 4 is 34.4 Å². The van der Waals surface area contributed by atoms with E-state index in [4.69, 9.17) is 12.2 Å². The van der Waals surface area contributed by atoms with Crippen molar-refractivity contribution in [1.82, 2.24) is 15.7 Å². The average molecular weight is 415 g/mol. The molecule has 8 heteroatoms. The normalized spacial score (nSPS) is 11.3. The summed E-state index contributed by atoms with van der Waals surface area (Å²) in [5.74, 6) is -0.0443. The maximum Gasteiger partial charge on any atom is 0.187 e. The fourth-order valence-corrected chi connectivity index (χ4v) is 3.60. The zero-order valence-electron chi connectivity index (χ0n) is 15.4. The van der Waals surface area contributed by atoms with Crippen LogP contribution >= 0.6 is 23.6 Å². The molecule has 1 heterocycles. The maximum atomic E-state index is 12.9. The number of thiazole rings is 1. The largest absolute Gasteiger partial charge is 0.508 e. The molecule has 0 aliphatic heterocycles. The number of benzene rings is 2. The van der Waals surface area contributed by atoms with Crippen molar-refractivity contribution in [2.75, 3.05) is 0 Å². The van der Waals surface area contributed by atoms with Gasteiger partial charge in [-0.15, -0.1) is 11.3 Å². The second-order valence-electron chi connectivity index (χ2n) is 6.10. The molecule has 0 saturated heterocycles. The molecule has 0 aliphatic carbocycles. The van der Waals surface area contributed by atoms with E-state index in [9.17, 15) is 9.50 Å². The third-order valence-corrected chi connectivity index (χ3v) is 5.48. The number of halogens is 1. The minimum Gasteiger partial charge on any atom is -0.508 e. The lowest BCUT2D eigenvalue weighted by molar-refractivity contribution is 0.475. The van der Waals surface area contributed by atoms with Gasteiger partial charge in [-0.05, 0) is 68.0 Å². The summed E-state index contributed by atoms with van der Waals surface area (Å²) in [6, 6.07) is 13.2. The minimum atomic E-state index is -0.267. The van der Waals surface area contributed by atoms with Gasteiger partial charge >= 0.3 is 0 Å². The molecule has 0 bridgehead atoms. The van der Waals surface area contributed by atoms with E-state index in [0.29, 0.717) is 11.7 Å². The number of nitrogens with zero attached hydrogens (tertiary/aromatic N) is 2. The Hall–Kier alpha value is -2.84. The van der Waals surface area contributed by atoms with Gasteiger partial charge in [-0.3, -0.25) is 5.43 Å². The monoisotopic (exact) mass is 414 g/mol. The number of phenols is 1. The van der Waals surface area contributed by atoms with Crippen molar-refractivity contribution in [1.29, 1.82) is 0 Å². The van der Waals surface area contributed by atoms with Crippen LogP contribution in [0.3, 0.4) is 0 Å². The number of phenolic OH excluding ortho intramolecular Hbond substituents is 1. The number of hydrazone groups is 1. The fraction of sp³-hybridized carbons (Fsp3) is 0.150. The molecule has 0 atom stereocenters. The van der Waals surface area contributed by atoms with Crippen molar-refractivity contribution in [2.24, 2.45) is 5.10 Å². The third-order valence-electron chi connectivity index (χ3n) is 3.93. The predicted octanol–water partition coefficient (Wildman–Crippen LogP) is 4.35. The second kappa shape index (κ2) is 8.90. The smallest absolute Gasteiger partial charge is 0.187 e. The topological polar surface area (TPSA) is 69.5 Å². The molecule has 5 nitrogen and oxygen atoms in total. The molecule has 28 heavy (non-hydrogen) atoms. The summed E-state index contributed by atoms with van der Waals surface area (Å²) < 4.78 is 12.9. The molecule has 0 spiro atoms. The van der Waals surface area contributed by atoms with Crippen LogP contribution in [0, 0.1) is 12.7 Å². The second-order valence-corrected chi connectivity index (χ2v) is 7.51. The quantitative estimate of drug-likeness (QED) is 0.329. The van der Waals surface area contributed by atoms with E-state index in [0.717, 1.165) is 32.4 Å². The molecule has 3 rings (SSSR count). The summed E-state index contributed by atoms with van der Waals surface area (Å²) in [4.78, 5) is 5.55. The van der Waals surface area contributed by atoms with Crippen LogP contribution < -0.4 is 10.7 Å². The van der Waals surface area contributed by atoms with Gasteiger partial charge in [0, 0.05) is 12.1 Å². The Labute approximate surface area is 172 Å². The van der Waals surface area contributed by atoms with Crippen LogP contribution in [0.2, 0.25) is 0 Å². The number of aromatic nitrogens is 1. The molecule has 2 aromatic carbocycles. The van der Waals surface area contributed by atoms with E-state index in [1.165, 1.54) is 23.5 Å². The Bertz CT molecular complexity index is 998. The first-order valence-corrected chi connectivity index (χ1v) is 9.74. The van der Waals surface area contributed by atoms with Crippen LogP contribution in [0.15, 0.2) is 53.6 Å². The first-order valence-electron chi connectivity index (χ1n) is 8.52. The van der Waals surface area contributed by atoms with Gasteiger partial charge in [0.1, 0.15) is 16.6 Å². The third kappa shape index (κ3) is 5.11. The minimum absolute atomic E-state index is 0.223. The van der Waals surface area contributed by atoms with E-state index in [1.807, 2.05) is 26.0 Å². The van der Waals surface area contributed by atoms with Gasteiger partial charge in [-0.1, -0.05) is 12.1 Å². The predicted molar refractivity (Wildman–Crippen MR) is 115 cm³/mol. The van der Waals surface area contributed by atoms with Gasteiger partial charge < -0.3 is 10.4 Å². The summed E-state index contributed by atoms with van der Waals surface area (Å²) in [6.45, 7) is 4.29. The first kappa shape index (κ1) is 19.9. The summed E-state index contributed by atoms with van der Waals surface area (Å²) in [7, 11) is 0. The van der Waals surface area contributed by atoms with Crippen LogP contribution in [0.1, 0.15) is 23.1 Å². The van der Waals surface area contributed by atoms with Gasteiger partial charge in [0.15, 0.2) is 5.11 Å². The Balaban J connectivity index is 1.62. The number of hydrogen-bond donors (Lipinski definition) is 3. The van der Waals surface area contributed by atoms with Gasteiger partial charge in [0.25, 0.3) is 0 Å². The molecule has 0 radical (unpaired) electrons. The van der Waals surface area contributed by atoms with E-state index in [1.54, 1.807) is 24.3 Å². The Morgan fingerprint density at radius 2 is 1.86 bits per heavy atom. The van der Waals surface area contributed by atoms with Gasteiger partial charge in [0.05, 0.1) is 16.3 Å². The summed E-state index contributed by atoms with van der Waals surface area (Å²) >= 11 is 6.76. The van der Waals surface area contributed by atoms with Crippen LogP contribution in [0.4, 0.5) is 4.39 Å². The van der Waals surface area contributed by atoms with Gasteiger partial charge in [-0.2, -0.15) is 5.10 Å². The van der Waals surface area contributed by atoms with Crippen LogP contribution in [-0.2, 0) is 6.54 Å². The summed E-state index contributed by atoms with van der Waals surface area (Å²) in [5, 5.41) is 18.0. The highest BCUT2D eigenvalue weighted by Crippen LogP contribution is 2.29. The van der Waals surface area contributed by atoms with E-state index >= 15 is 0 Å². The molecule has 1 aromatic heterocycles. The molecule has 0 aliphatic rings. The van der Waals surface area contributed by atoms with Crippen LogP contribution in [-0.4, -0.2) is 20.9 Å². The molecule has 3 aromatic rings. The van der Waals surface area contributed by atoms with E-state index in [2.05, 4.69) is 20.8 Å². The summed E-state index contributed by atoms with van der Waals surface area (Å²) in [5.41, 5.74) is 6.33. The molecule has 0 fully saturated rings. The fourth-order valence-electron chi connectivity index (χ4n) is 2.47. The molecule has 0 amide bonds. The average Bonchev–Trinajstić information content (AvgIpc) is 3.08. The molecular weight excluding hydrogens is 395 g/mol. The summed E-state index contributed by atoms with van der Waals surface area (Å²) in [6.07, 6.45) is 0. The molecule has 0 saturated carbocycles. The highest BCUT2D eigenvalue weighted by molar-refractivity contribution is 7.80. The van der Waals surface area contributed by atoms with Gasteiger partial charge in [0.2, 0.25) is 0 Å². The van der Waals surface area contributed by atoms with Crippen molar-refractivity contribution in [2.45, 2.75) is 20.4 Å². The lowest BCUT2D eigenvalue weighted by atomic mass is 10.2. The van der Waals surface area contributed by atoms with E-state index in [-0.39, 0.29) is 11.6 Å². The maximum absolute atomic E-state index is 12.9. The van der Waals surface area contributed by atoms with Crippen molar-refractivity contribution in [3.63, 3.8) is 0 Å². The number of nitrogens with one attached hydrogen (secondary N) is 2. The highest BCUT2D eigenvalue weighted by atomic mass is 32.1. The number of thiocarbonyl (C=S) groups is 1. The van der Waals surface area contributed by atoms with Gasteiger partial charge in [-0.25, -0.2) is 9.37 Å². The standard InChI is InChI=1S/C20H19FN4OS2/c1-12-18(28-19(23-12)15-5-9-17(26)10-6-15)13(2)24-25-20(27)22-11-14-3-7-16(21)8-4-14/h3-10,26H,11H2,1-2H3,(H2,22,25,27)/b24-13+. The number of hydrogen-bond acceptors (Lipinski definition) is 5. The van der Waals surface area contributed by atoms with Crippen molar-refractivity contribution < 1.29 is 9.50 Å². The first-order chi connectivity index (χ1) is 13.4. The zero-order chi connectivity index (χ0) is 20.1.